The Morgan fingerprint density at radius 2 is 2.11 bits per heavy atom. The molecular formula is C33H47N11O3. The molecule has 0 saturated carbocycles. The fourth-order valence-electron chi connectivity index (χ4n) is 4.63. The fourth-order valence-corrected chi connectivity index (χ4v) is 4.63. The van der Waals surface area contributed by atoms with E-state index in [-0.39, 0.29) is 12.7 Å². The third-order valence-electron chi connectivity index (χ3n) is 7.07. The van der Waals surface area contributed by atoms with Gasteiger partial charge in [0.25, 0.3) is 0 Å². The highest BCUT2D eigenvalue weighted by molar-refractivity contribution is 6.05. The number of hydrogen-bond donors (Lipinski definition) is 6. The van der Waals surface area contributed by atoms with Crippen molar-refractivity contribution in [3.63, 3.8) is 0 Å². The Hall–Kier alpha value is -5.08. The Kier molecular flexibility index (Phi) is 15.0. The maximum atomic E-state index is 10.5. The highest BCUT2D eigenvalue weighted by Gasteiger charge is 2.23. The Labute approximate surface area is 276 Å². The third-order valence-corrected chi connectivity index (χ3v) is 7.07. The van der Waals surface area contributed by atoms with Gasteiger partial charge in [0.05, 0.1) is 17.7 Å². The number of aromatic nitrogens is 3. The number of fused-ring (bicyclic) bond motifs is 1. The van der Waals surface area contributed by atoms with Gasteiger partial charge in [-0.15, -0.1) is 0 Å². The van der Waals surface area contributed by atoms with E-state index in [2.05, 4.69) is 62.9 Å². The molecule has 0 aliphatic carbocycles. The van der Waals surface area contributed by atoms with Crippen molar-refractivity contribution in [2.75, 3.05) is 64.6 Å². The van der Waals surface area contributed by atoms with Crippen LogP contribution in [0.25, 0.3) is 17.0 Å². The normalized spacial score (nSPS) is 16.3. The number of allylic oxidation sites excluding steroid dienone is 2. The van der Waals surface area contributed by atoms with Crippen molar-refractivity contribution in [3.8, 4) is 5.88 Å². The molecule has 3 heterocycles. The molecule has 0 amide bonds. The Balaban J connectivity index is 0.000000267. The lowest BCUT2D eigenvalue weighted by molar-refractivity contribution is -0.108. The number of carbonyl (C=O) groups excluding carboxylic acids is 1. The number of rotatable bonds is 13. The molecule has 7 N–H and O–H groups in total. The molecule has 0 spiro atoms. The molecule has 1 aromatic carbocycles. The van der Waals surface area contributed by atoms with E-state index in [4.69, 9.17) is 15.6 Å². The van der Waals surface area contributed by atoms with E-state index in [9.17, 15) is 4.79 Å². The number of H-pyrrole nitrogens is 1. The van der Waals surface area contributed by atoms with Crippen LogP contribution in [0.15, 0.2) is 69.0 Å². The summed E-state index contributed by atoms with van der Waals surface area (Å²) in [6.07, 6.45) is 11.7. The number of nitrogens with zero attached hydrogens (tertiary/aromatic N) is 6. The van der Waals surface area contributed by atoms with Crippen LogP contribution in [0.1, 0.15) is 32.3 Å². The van der Waals surface area contributed by atoms with Crippen LogP contribution in [0.5, 0.6) is 5.88 Å². The van der Waals surface area contributed by atoms with Gasteiger partial charge in [-0.3, -0.25) is 9.89 Å². The molecule has 1 aliphatic rings. The number of amidine groups is 1. The summed E-state index contributed by atoms with van der Waals surface area (Å²) >= 11 is 0. The van der Waals surface area contributed by atoms with Crippen LogP contribution in [0, 0.1) is 0 Å². The van der Waals surface area contributed by atoms with Crippen molar-refractivity contribution in [2.24, 2.45) is 20.7 Å². The molecule has 252 valence electrons. The van der Waals surface area contributed by atoms with Gasteiger partial charge in [-0.2, -0.15) is 9.98 Å². The Morgan fingerprint density at radius 3 is 2.83 bits per heavy atom. The number of nitrogens with one attached hydrogen (secondary N) is 4. The van der Waals surface area contributed by atoms with Gasteiger partial charge in [-0.1, -0.05) is 12.1 Å². The number of para-hydroxylation sites is 1. The Morgan fingerprint density at radius 1 is 1.28 bits per heavy atom. The van der Waals surface area contributed by atoms with Crippen molar-refractivity contribution < 1.29 is 14.6 Å². The summed E-state index contributed by atoms with van der Waals surface area (Å²) in [7, 11) is 5.37. The second kappa shape index (κ2) is 19.4. The van der Waals surface area contributed by atoms with Gasteiger partial charge < -0.3 is 41.3 Å². The summed E-state index contributed by atoms with van der Waals surface area (Å²) in [5.41, 5.74) is 11.0. The number of nitrogens with two attached hydrogens (primary N) is 1. The maximum absolute atomic E-state index is 10.5. The molecule has 14 nitrogen and oxygen atoms in total. The number of anilines is 2. The number of likely N-dealkylation sites (tertiary alicyclic amines) is 1. The number of benzene rings is 1. The van der Waals surface area contributed by atoms with Crippen LogP contribution in [0.4, 0.5) is 11.6 Å². The number of aromatic amines is 1. The molecule has 1 atom stereocenters. The lowest BCUT2D eigenvalue weighted by Gasteiger charge is -2.14. The molecule has 3 aromatic rings. The standard InChI is InChI=1S/C20H27N7.C13H20N4O3/c1-13(11-26-20(24-5)27-18(21)10-14(2)22-3)9-15-12-25-19-16(15)7-6-8-17(19)23-4;18-8-1-4-14-13-15-5-2-12(16-13)20-11-3-6-17(10-11)7-9-19/h6-12,22-23,25H,1-5H3,(H2,21,24,27);2,5,9,11,18H,1,3-4,6-8,10H2,(H,14,15,16)/b13-9+,14-10-,26-11-;. The van der Waals surface area contributed by atoms with Crippen LogP contribution < -0.4 is 26.4 Å². The average molecular weight is 646 g/mol. The molecule has 47 heavy (non-hydrogen) atoms. The van der Waals surface area contributed by atoms with Crippen molar-refractivity contribution in [2.45, 2.75) is 32.8 Å². The van der Waals surface area contributed by atoms with Crippen molar-refractivity contribution in [3.05, 3.63) is 59.6 Å². The molecule has 0 bridgehead atoms. The molecular weight excluding hydrogens is 598 g/mol. The summed E-state index contributed by atoms with van der Waals surface area (Å²) in [4.78, 5) is 36.8. The zero-order chi connectivity index (χ0) is 34.0. The number of ether oxygens (including phenoxy) is 1. The second-order valence-electron chi connectivity index (χ2n) is 10.7. The van der Waals surface area contributed by atoms with Crippen LogP contribution in [-0.2, 0) is 4.79 Å². The minimum Gasteiger partial charge on any atom is -0.473 e. The van der Waals surface area contributed by atoms with E-state index in [1.54, 1.807) is 31.6 Å². The van der Waals surface area contributed by atoms with E-state index >= 15 is 0 Å². The van der Waals surface area contributed by atoms with Crippen molar-refractivity contribution in [1.29, 1.82) is 0 Å². The number of aliphatic imine (C=N–C) groups is 3. The number of aliphatic hydroxyl groups excluding tert-OH is 1. The zero-order valence-electron chi connectivity index (χ0n) is 27.8. The minimum atomic E-state index is 0.0649. The van der Waals surface area contributed by atoms with Gasteiger partial charge in [0, 0.05) is 88.7 Å². The molecule has 14 heteroatoms. The molecule has 1 unspecified atom stereocenters. The SMILES string of the molecule is CN=C(/N=C\C(C)=C\c1c[nH]c2c(NC)cccc12)/N=C(N)\C=C(\C)NC.O=CCN1CCC(Oc2ccnc(NCCCO)n2)C1. The quantitative estimate of drug-likeness (QED) is 0.0697. The maximum Gasteiger partial charge on any atom is 0.246 e. The molecule has 4 rings (SSSR count). The van der Waals surface area contributed by atoms with E-state index in [0.29, 0.717) is 43.1 Å². The summed E-state index contributed by atoms with van der Waals surface area (Å²) < 4.78 is 5.80. The van der Waals surface area contributed by atoms with Crippen molar-refractivity contribution in [1.82, 2.24) is 25.2 Å². The zero-order valence-corrected chi connectivity index (χ0v) is 27.8. The average Bonchev–Trinajstić information content (AvgIpc) is 3.70. The number of aliphatic hydroxyl groups is 1. The molecule has 1 aliphatic heterocycles. The first kappa shape index (κ1) is 36.4. The first-order valence-electron chi connectivity index (χ1n) is 15.5. The predicted molar refractivity (Wildman–Crippen MR) is 192 cm³/mol. The monoisotopic (exact) mass is 645 g/mol. The van der Waals surface area contributed by atoms with E-state index < -0.39 is 0 Å². The van der Waals surface area contributed by atoms with Crippen LogP contribution in [0.3, 0.4) is 0 Å². The first-order chi connectivity index (χ1) is 22.8. The number of hydrogen-bond acceptors (Lipinski definition) is 10. The lowest BCUT2D eigenvalue weighted by atomic mass is 10.1. The van der Waals surface area contributed by atoms with Gasteiger partial charge in [-0.25, -0.2) is 9.98 Å². The third kappa shape index (κ3) is 12.0. The predicted octanol–water partition coefficient (Wildman–Crippen LogP) is 3.07. The van der Waals surface area contributed by atoms with Gasteiger partial charge in [0.1, 0.15) is 18.2 Å². The smallest absolute Gasteiger partial charge is 0.246 e. The molecule has 1 fully saturated rings. The minimum absolute atomic E-state index is 0.0649. The molecule has 2 aromatic heterocycles. The van der Waals surface area contributed by atoms with Crippen molar-refractivity contribution >= 4 is 52.9 Å². The van der Waals surface area contributed by atoms with Gasteiger partial charge in [0.15, 0.2) is 0 Å². The molecule has 0 radical (unpaired) electrons. The van der Waals surface area contributed by atoms with Crippen LogP contribution >= 0.6 is 0 Å². The van der Waals surface area contributed by atoms with Crippen LogP contribution in [0.2, 0.25) is 0 Å². The lowest BCUT2D eigenvalue weighted by Crippen LogP contribution is -2.26. The second-order valence-corrected chi connectivity index (χ2v) is 10.7. The topological polar surface area (TPSA) is 191 Å². The number of carbonyl (C=O) groups is 1. The van der Waals surface area contributed by atoms with Gasteiger partial charge in [0.2, 0.25) is 17.8 Å². The fraction of sp³-hybridized carbons (Fsp3) is 0.394. The number of aldehydes is 1. The number of guanidine groups is 1. The first-order valence-corrected chi connectivity index (χ1v) is 15.5. The van der Waals surface area contributed by atoms with E-state index in [0.717, 1.165) is 59.2 Å². The van der Waals surface area contributed by atoms with Crippen LogP contribution in [-0.4, -0.2) is 109 Å². The summed E-state index contributed by atoms with van der Waals surface area (Å²) in [5.74, 6) is 1.69. The van der Waals surface area contributed by atoms with Gasteiger partial charge >= 0.3 is 0 Å². The van der Waals surface area contributed by atoms with E-state index in [1.807, 2.05) is 46.3 Å². The highest BCUT2D eigenvalue weighted by Crippen LogP contribution is 2.26. The highest BCUT2D eigenvalue weighted by atomic mass is 16.5. The largest absolute Gasteiger partial charge is 0.473 e. The Bertz CT molecular complexity index is 1590. The summed E-state index contributed by atoms with van der Waals surface area (Å²) in [6, 6.07) is 7.88. The summed E-state index contributed by atoms with van der Waals surface area (Å²) in [5, 5.41) is 19.1. The van der Waals surface area contributed by atoms with E-state index in [1.165, 1.54) is 0 Å². The molecule has 1 saturated heterocycles. The van der Waals surface area contributed by atoms with Gasteiger partial charge in [-0.05, 0) is 50.5 Å². The summed E-state index contributed by atoms with van der Waals surface area (Å²) in [6.45, 7) is 6.72.